The Morgan fingerprint density at radius 1 is 1.19 bits per heavy atom. The van der Waals surface area contributed by atoms with Crippen molar-refractivity contribution in [1.29, 1.82) is 0 Å². The Morgan fingerprint density at radius 2 is 2.00 bits per heavy atom. The monoisotopic (exact) mass is 373 g/mol. The van der Waals surface area contributed by atoms with Crippen molar-refractivity contribution in [3.05, 3.63) is 65.2 Å². The van der Waals surface area contributed by atoms with Crippen LogP contribution in [0.4, 0.5) is 4.39 Å². The number of nitrogens with one attached hydrogen (secondary N) is 2. The molecule has 2 N–H and O–H groups in total. The molecule has 2 aliphatic heterocycles. The first-order valence-electron chi connectivity index (χ1n) is 8.32. The summed E-state index contributed by atoms with van der Waals surface area (Å²) in [4.78, 5) is 12.5. The maximum Gasteiger partial charge on any atom is 0.238 e. The molecular weight excluding hydrogens is 355 g/mol. The van der Waals surface area contributed by atoms with Crippen LogP contribution in [0.25, 0.3) is 0 Å². The van der Waals surface area contributed by atoms with Crippen LogP contribution in [-0.4, -0.2) is 24.5 Å². The van der Waals surface area contributed by atoms with Gasteiger partial charge in [-0.15, -0.1) is 0 Å². The van der Waals surface area contributed by atoms with Crippen molar-refractivity contribution in [2.24, 2.45) is 0 Å². The van der Waals surface area contributed by atoms with E-state index in [1.54, 1.807) is 23.9 Å². The van der Waals surface area contributed by atoms with Crippen LogP contribution in [0.3, 0.4) is 0 Å². The minimum Gasteiger partial charge on any atom is -0.454 e. The Hall–Kier alpha value is -2.25. The van der Waals surface area contributed by atoms with E-state index in [1.165, 1.54) is 12.1 Å². The quantitative estimate of drug-likeness (QED) is 0.863. The number of fused-ring (bicyclic) bond motifs is 1. The summed E-state index contributed by atoms with van der Waals surface area (Å²) in [5, 5.41) is 6.25. The molecule has 1 amide bonds. The first kappa shape index (κ1) is 17.2. The second kappa shape index (κ2) is 7.55. The molecule has 2 atom stereocenters. The molecule has 1 radical (unpaired) electrons. The van der Waals surface area contributed by atoms with Gasteiger partial charge in [0.15, 0.2) is 11.5 Å². The molecule has 1 saturated heterocycles. The number of benzene rings is 2. The van der Waals surface area contributed by atoms with Gasteiger partial charge in [-0.1, -0.05) is 18.2 Å². The molecule has 0 saturated carbocycles. The van der Waals surface area contributed by atoms with Gasteiger partial charge in [0, 0.05) is 24.1 Å². The topological polar surface area (TPSA) is 59.6 Å². The van der Waals surface area contributed by atoms with Crippen LogP contribution in [0.1, 0.15) is 17.2 Å². The van der Waals surface area contributed by atoms with Crippen molar-refractivity contribution in [2.45, 2.75) is 18.6 Å². The van der Waals surface area contributed by atoms with Gasteiger partial charge in [0.2, 0.25) is 12.7 Å². The molecule has 0 aliphatic carbocycles. The normalized spacial score (nSPS) is 21.4. The highest BCUT2D eigenvalue weighted by molar-refractivity contribution is 8.01. The van der Waals surface area contributed by atoms with Crippen molar-refractivity contribution in [1.82, 2.24) is 10.6 Å². The number of carbonyl (C=O) groups excluding carboxylic acids is 1. The lowest BCUT2D eigenvalue weighted by atomic mass is 10.1. The third kappa shape index (κ3) is 3.78. The summed E-state index contributed by atoms with van der Waals surface area (Å²) >= 11 is 1.60. The summed E-state index contributed by atoms with van der Waals surface area (Å²) < 4.78 is 23.7. The molecule has 7 heteroatoms. The predicted octanol–water partition coefficient (Wildman–Crippen LogP) is 2.78. The second-order valence-electron chi connectivity index (χ2n) is 6.12. The maximum atomic E-state index is 13.1. The zero-order valence-corrected chi connectivity index (χ0v) is 14.7. The minimum absolute atomic E-state index is 0.00638. The van der Waals surface area contributed by atoms with Gasteiger partial charge in [-0.2, -0.15) is 11.8 Å². The Morgan fingerprint density at radius 3 is 2.85 bits per heavy atom. The number of halogens is 1. The Labute approximate surface area is 155 Å². The molecule has 5 nitrogen and oxygen atoms in total. The van der Waals surface area contributed by atoms with Crippen LogP contribution in [-0.2, 0) is 11.3 Å². The fourth-order valence-corrected chi connectivity index (χ4v) is 3.91. The van der Waals surface area contributed by atoms with E-state index >= 15 is 0 Å². The van der Waals surface area contributed by atoms with E-state index in [-0.39, 0.29) is 24.6 Å². The summed E-state index contributed by atoms with van der Waals surface area (Å²) in [5.74, 6) is 3.77. The zero-order chi connectivity index (χ0) is 17.9. The molecule has 2 aromatic carbocycles. The number of rotatable bonds is 4. The van der Waals surface area contributed by atoms with Crippen molar-refractivity contribution >= 4 is 17.7 Å². The molecule has 2 aliphatic rings. The highest BCUT2D eigenvalue weighted by Crippen LogP contribution is 2.32. The number of thioether (sulfide) groups is 1. The van der Waals surface area contributed by atoms with E-state index < -0.39 is 6.04 Å². The lowest BCUT2D eigenvalue weighted by Crippen LogP contribution is -2.48. The molecule has 1 fully saturated rings. The van der Waals surface area contributed by atoms with Gasteiger partial charge in [0.25, 0.3) is 0 Å². The van der Waals surface area contributed by atoms with Crippen molar-refractivity contribution in [3.63, 3.8) is 0 Å². The fraction of sp³-hybridized carbons (Fsp3) is 0.263. The van der Waals surface area contributed by atoms with Crippen molar-refractivity contribution < 1.29 is 18.7 Å². The molecule has 0 spiro atoms. The SMILES string of the molecule is O=C(NCc1ccc2c(c1)OCO2)[C@@H]1[CH]SCC(c2ccc(F)cc2)N1. The molecule has 135 valence electrons. The van der Waals surface area contributed by atoms with Crippen LogP contribution in [0.2, 0.25) is 0 Å². The van der Waals surface area contributed by atoms with Gasteiger partial charge in [-0.05, 0) is 35.4 Å². The van der Waals surface area contributed by atoms with E-state index in [0.29, 0.717) is 12.3 Å². The molecule has 2 heterocycles. The number of hydrogen-bond acceptors (Lipinski definition) is 5. The molecule has 26 heavy (non-hydrogen) atoms. The van der Waals surface area contributed by atoms with Gasteiger partial charge in [-0.3, -0.25) is 10.1 Å². The highest BCUT2D eigenvalue weighted by Gasteiger charge is 2.28. The summed E-state index contributed by atoms with van der Waals surface area (Å²) in [6.45, 7) is 0.640. The summed E-state index contributed by atoms with van der Waals surface area (Å²) in [5.41, 5.74) is 1.92. The number of carbonyl (C=O) groups is 1. The van der Waals surface area contributed by atoms with E-state index in [1.807, 2.05) is 24.0 Å². The van der Waals surface area contributed by atoms with Gasteiger partial charge in [0.1, 0.15) is 11.9 Å². The fourth-order valence-electron chi connectivity index (χ4n) is 2.93. The largest absolute Gasteiger partial charge is 0.454 e. The first-order chi connectivity index (χ1) is 12.7. The highest BCUT2D eigenvalue weighted by atomic mass is 32.2. The molecule has 1 unspecified atom stereocenters. The number of amides is 1. The lowest BCUT2D eigenvalue weighted by Gasteiger charge is -2.30. The van der Waals surface area contributed by atoms with E-state index in [2.05, 4.69) is 10.6 Å². The van der Waals surface area contributed by atoms with Gasteiger partial charge < -0.3 is 14.8 Å². The minimum atomic E-state index is -0.405. The van der Waals surface area contributed by atoms with Crippen LogP contribution >= 0.6 is 11.8 Å². The number of hydrogen-bond donors (Lipinski definition) is 2. The summed E-state index contributed by atoms with van der Waals surface area (Å²) in [6.07, 6.45) is 0. The van der Waals surface area contributed by atoms with Crippen LogP contribution < -0.4 is 20.1 Å². The molecule has 0 aromatic heterocycles. The molecule has 4 rings (SSSR count). The predicted molar refractivity (Wildman–Crippen MR) is 97.2 cm³/mol. The Balaban J connectivity index is 1.34. The first-order valence-corrected chi connectivity index (χ1v) is 9.36. The smallest absolute Gasteiger partial charge is 0.238 e. The summed E-state index contributed by atoms with van der Waals surface area (Å²) in [7, 11) is 0. The summed E-state index contributed by atoms with van der Waals surface area (Å²) in [6, 6.07) is 11.6. The molecule has 2 aromatic rings. The third-order valence-electron chi connectivity index (χ3n) is 4.33. The van der Waals surface area contributed by atoms with Gasteiger partial charge in [-0.25, -0.2) is 4.39 Å². The Kier molecular flexibility index (Phi) is 4.99. The lowest BCUT2D eigenvalue weighted by molar-refractivity contribution is -0.122. The van der Waals surface area contributed by atoms with Crippen LogP contribution in [0.15, 0.2) is 42.5 Å². The zero-order valence-electron chi connectivity index (χ0n) is 13.9. The van der Waals surface area contributed by atoms with Crippen LogP contribution in [0, 0.1) is 11.6 Å². The standard InChI is InChI=1S/C19H18FN2O3S/c20-14-4-2-13(3-5-14)15-9-26-10-16(22-15)19(23)21-8-12-1-6-17-18(7-12)25-11-24-17/h1-7,10,15-16,22H,8-9,11H2,(H,21,23)/t15?,16-/m0/s1. The number of ether oxygens (including phenoxy) is 2. The second-order valence-corrected chi connectivity index (χ2v) is 7.06. The molecular formula is C19H18FN2O3S. The van der Waals surface area contributed by atoms with Crippen molar-refractivity contribution in [3.8, 4) is 11.5 Å². The van der Waals surface area contributed by atoms with E-state index in [0.717, 1.165) is 22.6 Å². The van der Waals surface area contributed by atoms with E-state index in [4.69, 9.17) is 9.47 Å². The van der Waals surface area contributed by atoms with Crippen molar-refractivity contribution in [2.75, 3.05) is 12.5 Å². The third-order valence-corrected chi connectivity index (χ3v) is 5.32. The Bertz CT molecular complexity index is 800. The maximum absolute atomic E-state index is 13.1. The average Bonchev–Trinajstić information content (AvgIpc) is 3.14. The van der Waals surface area contributed by atoms with Crippen LogP contribution in [0.5, 0.6) is 11.5 Å². The average molecular weight is 373 g/mol. The van der Waals surface area contributed by atoms with Gasteiger partial charge >= 0.3 is 0 Å². The van der Waals surface area contributed by atoms with Gasteiger partial charge in [0.05, 0.1) is 0 Å². The van der Waals surface area contributed by atoms with E-state index in [9.17, 15) is 9.18 Å². The molecule has 0 bridgehead atoms.